The van der Waals surface area contributed by atoms with E-state index in [1.54, 1.807) is 36.4 Å². The summed E-state index contributed by atoms with van der Waals surface area (Å²) in [4.78, 5) is 30.0. The fourth-order valence-corrected chi connectivity index (χ4v) is 6.47. The number of carbonyl (C=O) groups is 2. The summed E-state index contributed by atoms with van der Waals surface area (Å²) in [6.45, 7) is 9.27. The first-order chi connectivity index (χ1) is 20.0. The highest BCUT2D eigenvalue weighted by Crippen LogP contribution is 2.33. The van der Waals surface area contributed by atoms with Gasteiger partial charge < -0.3 is 15.0 Å². The quantitative estimate of drug-likeness (QED) is 0.237. The topological polar surface area (TPSA) is 96.0 Å². The van der Waals surface area contributed by atoms with Crippen molar-refractivity contribution in [3.63, 3.8) is 0 Å². The summed E-state index contributed by atoms with van der Waals surface area (Å²) in [5, 5.41) is 2.92. The minimum atomic E-state index is -4.20. The van der Waals surface area contributed by atoms with Crippen LogP contribution in [0.25, 0.3) is 0 Å². The molecule has 1 N–H and O–H groups in total. The number of aryl methyl sites for hydroxylation is 1. The molecule has 226 valence electrons. The van der Waals surface area contributed by atoms with Gasteiger partial charge in [0.25, 0.3) is 10.0 Å². The number of carbonyl (C=O) groups excluding carboxylic acids is 2. The minimum absolute atomic E-state index is 0.0502. The molecule has 0 unspecified atom stereocenters. The Kier molecular flexibility index (Phi) is 11.9. The molecule has 42 heavy (non-hydrogen) atoms. The molecule has 0 radical (unpaired) electrons. The predicted molar refractivity (Wildman–Crippen MR) is 169 cm³/mol. The van der Waals surface area contributed by atoms with E-state index in [0.717, 1.165) is 20.3 Å². The molecule has 1 atom stereocenters. The Morgan fingerprint density at radius 3 is 2.26 bits per heavy atom. The molecule has 0 fully saturated rings. The van der Waals surface area contributed by atoms with Gasteiger partial charge in [-0.05, 0) is 82.3 Å². The number of hydrogen-bond donors (Lipinski definition) is 1. The van der Waals surface area contributed by atoms with E-state index < -0.39 is 28.5 Å². The van der Waals surface area contributed by atoms with Crippen LogP contribution >= 0.6 is 11.8 Å². The van der Waals surface area contributed by atoms with Crippen LogP contribution in [-0.2, 0) is 26.2 Å². The maximum absolute atomic E-state index is 14.3. The molecule has 0 saturated heterocycles. The third kappa shape index (κ3) is 8.29. The molecule has 0 aliphatic heterocycles. The number of rotatable bonds is 14. The third-order valence-electron chi connectivity index (χ3n) is 6.61. The molecule has 10 heteroatoms. The molecular weight excluding hydrogens is 571 g/mol. The van der Waals surface area contributed by atoms with E-state index in [0.29, 0.717) is 18.8 Å². The smallest absolute Gasteiger partial charge is 0.264 e. The van der Waals surface area contributed by atoms with Crippen molar-refractivity contribution in [1.82, 2.24) is 10.2 Å². The zero-order chi connectivity index (χ0) is 30.9. The molecule has 8 nitrogen and oxygen atoms in total. The van der Waals surface area contributed by atoms with Gasteiger partial charge in [-0.3, -0.25) is 13.9 Å². The van der Waals surface area contributed by atoms with Crippen molar-refractivity contribution in [3.05, 3.63) is 83.9 Å². The lowest BCUT2D eigenvalue weighted by Crippen LogP contribution is -2.53. The number of anilines is 1. The number of nitrogens with one attached hydrogen (secondary N) is 1. The molecule has 3 aromatic rings. The van der Waals surface area contributed by atoms with Crippen LogP contribution in [0.1, 0.15) is 45.2 Å². The first-order valence-electron chi connectivity index (χ1n) is 14.1. The number of ether oxygens (including phenoxy) is 1. The van der Waals surface area contributed by atoms with Crippen molar-refractivity contribution in [2.24, 2.45) is 0 Å². The van der Waals surface area contributed by atoms with Crippen LogP contribution < -0.4 is 14.4 Å². The van der Waals surface area contributed by atoms with Crippen molar-refractivity contribution in [1.29, 1.82) is 0 Å². The van der Waals surface area contributed by atoms with Gasteiger partial charge in [-0.25, -0.2) is 8.42 Å². The number of sulfonamides is 1. The van der Waals surface area contributed by atoms with Crippen LogP contribution in [0.4, 0.5) is 5.69 Å². The number of benzene rings is 3. The maximum atomic E-state index is 14.3. The van der Waals surface area contributed by atoms with E-state index in [4.69, 9.17) is 4.74 Å². The van der Waals surface area contributed by atoms with Gasteiger partial charge in [0.15, 0.2) is 0 Å². The molecule has 3 aromatic carbocycles. The molecule has 0 saturated carbocycles. The molecule has 0 aromatic heterocycles. The molecule has 0 heterocycles. The molecule has 0 spiro atoms. The van der Waals surface area contributed by atoms with Crippen LogP contribution in [0.5, 0.6) is 5.75 Å². The maximum Gasteiger partial charge on any atom is 0.264 e. The fourth-order valence-electron chi connectivity index (χ4n) is 4.64. The predicted octanol–water partition coefficient (Wildman–Crippen LogP) is 5.64. The van der Waals surface area contributed by atoms with E-state index in [1.165, 1.54) is 28.8 Å². The van der Waals surface area contributed by atoms with Gasteiger partial charge in [0, 0.05) is 17.5 Å². The number of hydrogen-bond acceptors (Lipinski definition) is 6. The number of thioether (sulfide) groups is 1. The van der Waals surface area contributed by atoms with Gasteiger partial charge in [0.2, 0.25) is 11.8 Å². The summed E-state index contributed by atoms with van der Waals surface area (Å²) in [7, 11) is -4.20. The molecule has 3 rings (SSSR count). The van der Waals surface area contributed by atoms with E-state index in [1.807, 2.05) is 65.1 Å². The first kappa shape index (κ1) is 33.0. The van der Waals surface area contributed by atoms with Crippen LogP contribution in [0.15, 0.2) is 82.6 Å². The summed E-state index contributed by atoms with van der Waals surface area (Å²) in [6, 6.07) is 20.1. The first-order valence-corrected chi connectivity index (χ1v) is 16.7. The second kappa shape index (κ2) is 15.1. The van der Waals surface area contributed by atoms with Crippen molar-refractivity contribution in [3.8, 4) is 5.75 Å². The SMILES string of the molecule is CCOc1ccccc1N(CC(=O)N(Cc1cccc(C)c1)[C@H](CC)C(=O)NC(C)C)S(=O)(=O)c1ccc(SC)cc1. The number of nitrogens with zero attached hydrogens (tertiary/aromatic N) is 2. The molecule has 2 amide bonds. The average Bonchev–Trinajstić information content (AvgIpc) is 2.96. The van der Waals surface area contributed by atoms with Crippen LogP contribution in [0.3, 0.4) is 0 Å². The van der Waals surface area contributed by atoms with Gasteiger partial charge >= 0.3 is 0 Å². The van der Waals surface area contributed by atoms with Crippen LogP contribution in [0.2, 0.25) is 0 Å². The van der Waals surface area contributed by atoms with E-state index in [9.17, 15) is 18.0 Å². The van der Waals surface area contributed by atoms with Gasteiger partial charge in [0.05, 0.1) is 17.2 Å². The van der Waals surface area contributed by atoms with E-state index >= 15 is 0 Å². The Bertz CT molecular complexity index is 1460. The van der Waals surface area contributed by atoms with Crippen molar-refractivity contribution >= 4 is 39.3 Å². The zero-order valence-corrected chi connectivity index (χ0v) is 26.8. The molecular formula is C32H41N3O5S2. The van der Waals surface area contributed by atoms with Gasteiger partial charge in [0.1, 0.15) is 18.3 Å². The Labute approximate surface area is 254 Å². The monoisotopic (exact) mass is 611 g/mol. The van der Waals surface area contributed by atoms with Crippen molar-refractivity contribution in [2.75, 3.05) is 23.7 Å². The number of para-hydroxylation sites is 2. The van der Waals surface area contributed by atoms with Crippen LogP contribution in [-0.4, -0.2) is 56.6 Å². The Hall–Kier alpha value is -3.50. The Morgan fingerprint density at radius 2 is 1.67 bits per heavy atom. The largest absolute Gasteiger partial charge is 0.492 e. The third-order valence-corrected chi connectivity index (χ3v) is 9.13. The second-order valence-corrected chi connectivity index (χ2v) is 12.9. The fraction of sp³-hybridized carbons (Fsp3) is 0.375. The van der Waals surface area contributed by atoms with Gasteiger partial charge in [-0.1, -0.05) is 48.9 Å². The minimum Gasteiger partial charge on any atom is -0.492 e. The molecule has 0 aliphatic rings. The van der Waals surface area contributed by atoms with Gasteiger partial charge in [-0.2, -0.15) is 0 Å². The molecule has 0 bridgehead atoms. The molecule has 0 aliphatic carbocycles. The Morgan fingerprint density at radius 1 is 0.976 bits per heavy atom. The standard InChI is InChI=1S/C32H41N3O5S2/c1-7-28(32(37)33-23(3)4)34(21-25-13-11-12-24(5)20-25)31(36)22-35(29-14-9-10-15-30(29)40-8-2)42(38,39)27-18-16-26(41-6)17-19-27/h9-20,23,28H,7-8,21-22H2,1-6H3,(H,33,37)/t28-/m1/s1. The van der Waals surface area contributed by atoms with Crippen molar-refractivity contribution in [2.45, 2.75) is 69.5 Å². The summed E-state index contributed by atoms with van der Waals surface area (Å²) in [5.41, 5.74) is 2.11. The highest BCUT2D eigenvalue weighted by Gasteiger charge is 2.35. The van der Waals surface area contributed by atoms with Crippen molar-refractivity contribution < 1.29 is 22.7 Å². The summed E-state index contributed by atoms with van der Waals surface area (Å²) in [6.07, 6.45) is 2.27. The Balaban J connectivity index is 2.12. The summed E-state index contributed by atoms with van der Waals surface area (Å²) in [5.74, 6) is -0.449. The number of amides is 2. The van der Waals surface area contributed by atoms with Gasteiger partial charge in [-0.15, -0.1) is 11.8 Å². The highest BCUT2D eigenvalue weighted by atomic mass is 32.2. The summed E-state index contributed by atoms with van der Waals surface area (Å²) < 4.78 is 35.2. The second-order valence-electron chi connectivity index (χ2n) is 10.2. The highest BCUT2D eigenvalue weighted by molar-refractivity contribution is 7.98. The van der Waals surface area contributed by atoms with E-state index in [2.05, 4.69) is 5.32 Å². The zero-order valence-electron chi connectivity index (χ0n) is 25.2. The average molecular weight is 612 g/mol. The lowest BCUT2D eigenvalue weighted by atomic mass is 10.1. The summed E-state index contributed by atoms with van der Waals surface area (Å²) >= 11 is 1.50. The normalized spacial score (nSPS) is 12.1. The lowest BCUT2D eigenvalue weighted by molar-refractivity contribution is -0.140. The van der Waals surface area contributed by atoms with E-state index in [-0.39, 0.29) is 29.1 Å². The lowest BCUT2D eigenvalue weighted by Gasteiger charge is -2.34. The van der Waals surface area contributed by atoms with Crippen LogP contribution in [0, 0.1) is 6.92 Å².